The van der Waals surface area contributed by atoms with E-state index in [1.807, 2.05) is 47.6 Å². The van der Waals surface area contributed by atoms with Gasteiger partial charge in [0.2, 0.25) is 0 Å². The molecule has 0 radical (unpaired) electrons. The van der Waals surface area contributed by atoms with Crippen LogP contribution in [0.15, 0.2) is 36.4 Å². The Bertz CT molecular complexity index is 557. The molecular formula is C19H27ClF2O. The predicted octanol–water partition coefficient (Wildman–Crippen LogP) is 6.98. The third kappa shape index (κ3) is 9.90. The highest BCUT2D eigenvalue weighted by Crippen LogP contribution is 2.16. The molecule has 1 nitrogen and oxygen atoms in total. The van der Waals surface area contributed by atoms with Gasteiger partial charge in [0.25, 0.3) is 0 Å². The molecular weight excluding hydrogens is 318 g/mol. The SMILES string of the molecule is CC.CC.COc1ccc(C)cc1F.Cc1ccc(F)c(Cl)c1. The summed E-state index contributed by atoms with van der Waals surface area (Å²) in [4.78, 5) is 0. The molecule has 0 aliphatic heterocycles. The van der Waals surface area contributed by atoms with Crippen LogP contribution in [0.4, 0.5) is 8.78 Å². The van der Waals surface area contributed by atoms with Crippen LogP contribution in [0.2, 0.25) is 5.02 Å². The lowest BCUT2D eigenvalue weighted by Crippen LogP contribution is -1.87. The number of rotatable bonds is 1. The standard InChI is InChI=1S/C8H9FO.C7H6ClF.2C2H6/c1-6-3-4-8(10-2)7(9)5-6;1-5-2-3-7(9)6(8)4-5;2*1-2/h3-5H,1-2H3;2-4H,1H3;2*1-2H3. The van der Waals surface area contributed by atoms with Crippen molar-refractivity contribution < 1.29 is 13.5 Å². The van der Waals surface area contributed by atoms with E-state index in [0.717, 1.165) is 11.1 Å². The summed E-state index contributed by atoms with van der Waals surface area (Å²) in [6, 6.07) is 9.50. The van der Waals surface area contributed by atoms with Crippen LogP contribution in [-0.4, -0.2) is 7.11 Å². The van der Waals surface area contributed by atoms with Gasteiger partial charge in [-0.1, -0.05) is 51.4 Å². The Morgan fingerprint density at radius 2 is 1.26 bits per heavy atom. The average Bonchev–Trinajstić information content (AvgIpc) is 2.56. The van der Waals surface area contributed by atoms with Gasteiger partial charge >= 0.3 is 0 Å². The second-order valence-electron chi connectivity index (χ2n) is 4.06. The number of ether oxygens (including phenoxy) is 1. The van der Waals surface area contributed by atoms with Gasteiger partial charge < -0.3 is 4.74 Å². The van der Waals surface area contributed by atoms with Crippen LogP contribution in [0, 0.1) is 25.5 Å². The lowest BCUT2D eigenvalue weighted by molar-refractivity contribution is 0.386. The fourth-order valence-corrected chi connectivity index (χ4v) is 1.61. The molecule has 0 fully saturated rings. The van der Waals surface area contributed by atoms with E-state index in [2.05, 4.69) is 0 Å². The Morgan fingerprint density at radius 1 is 0.783 bits per heavy atom. The van der Waals surface area contributed by atoms with E-state index in [9.17, 15) is 8.78 Å². The largest absolute Gasteiger partial charge is 0.494 e. The molecule has 0 aromatic heterocycles. The lowest BCUT2D eigenvalue weighted by atomic mass is 10.2. The van der Waals surface area contributed by atoms with Gasteiger partial charge in [0.1, 0.15) is 5.82 Å². The van der Waals surface area contributed by atoms with Gasteiger partial charge in [-0.05, 0) is 49.2 Å². The van der Waals surface area contributed by atoms with Crippen molar-refractivity contribution in [3.63, 3.8) is 0 Å². The number of hydrogen-bond donors (Lipinski definition) is 0. The number of hydrogen-bond acceptors (Lipinski definition) is 1. The summed E-state index contributed by atoms with van der Waals surface area (Å²) in [5.74, 6) is -0.365. The van der Waals surface area contributed by atoms with E-state index < -0.39 is 0 Å². The fourth-order valence-electron chi connectivity index (χ4n) is 1.37. The molecule has 0 amide bonds. The number of aryl methyl sites for hydroxylation is 2. The Morgan fingerprint density at radius 3 is 1.65 bits per heavy atom. The van der Waals surface area contributed by atoms with E-state index >= 15 is 0 Å². The normalized spacial score (nSPS) is 8.43. The van der Waals surface area contributed by atoms with E-state index in [1.165, 1.54) is 19.2 Å². The minimum absolute atomic E-state index is 0.190. The fraction of sp³-hybridized carbons (Fsp3) is 0.368. The number of methoxy groups -OCH3 is 1. The number of halogens is 3. The zero-order valence-corrected chi connectivity index (χ0v) is 15.8. The molecule has 2 aromatic carbocycles. The van der Waals surface area contributed by atoms with Gasteiger partial charge in [0.15, 0.2) is 11.6 Å². The van der Waals surface area contributed by atoms with Crippen molar-refractivity contribution >= 4 is 11.6 Å². The maximum absolute atomic E-state index is 12.7. The van der Waals surface area contributed by atoms with Crippen molar-refractivity contribution in [2.24, 2.45) is 0 Å². The molecule has 4 heteroatoms. The molecule has 2 aromatic rings. The van der Waals surface area contributed by atoms with Crippen LogP contribution in [0.25, 0.3) is 0 Å². The second-order valence-corrected chi connectivity index (χ2v) is 4.46. The van der Waals surface area contributed by atoms with Crippen LogP contribution in [0.1, 0.15) is 38.8 Å². The zero-order valence-electron chi connectivity index (χ0n) is 15.0. The first-order valence-electron chi connectivity index (χ1n) is 7.66. The topological polar surface area (TPSA) is 9.23 Å². The molecule has 0 bridgehead atoms. The molecule has 0 spiro atoms. The highest BCUT2D eigenvalue weighted by atomic mass is 35.5. The van der Waals surface area contributed by atoms with E-state index in [-0.39, 0.29) is 16.7 Å². The molecule has 0 unspecified atom stereocenters. The van der Waals surface area contributed by atoms with Crippen molar-refractivity contribution in [3.8, 4) is 5.75 Å². The molecule has 0 aliphatic carbocycles. The third-order valence-electron chi connectivity index (χ3n) is 2.38. The van der Waals surface area contributed by atoms with Gasteiger partial charge in [-0.25, -0.2) is 8.78 Å². The zero-order chi connectivity index (χ0) is 18.4. The first kappa shape index (κ1) is 23.7. The average molecular weight is 345 g/mol. The molecule has 0 aliphatic rings. The van der Waals surface area contributed by atoms with Crippen LogP contribution in [-0.2, 0) is 0 Å². The van der Waals surface area contributed by atoms with Crippen molar-refractivity contribution in [2.45, 2.75) is 41.5 Å². The summed E-state index contributed by atoms with van der Waals surface area (Å²) < 4.78 is 29.8. The molecule has 0 N–H and O–H groups in total. The maximum atomic E-state index is 12.7. The molecule has 0 heterocycles. The third-order valence-corrected chi connectivity index (χ3v) is 2.67. The lowest BCUT2D eigenvalue weighted by Gasteiger charge is -2.00. The van der Waals surface area contributed by atoms with Gasteiger partial charge in [-0.3, -0.25) is 0 Å². The van der Waals surface area contributed by atoms with Crippen molar-refractivity contribution in [3.05, 3.63) is 64.2 Å². The van der Waals surface area contributed by atoms with Gasteiger partial charge in [0, 0.05) is 0 Å². The maximum Gasteiger partial charge on any atom is 0.165 e. The second kappa shape index (κ2) is 14.0. The Hall–Kier alpha value is -1.61. The van der Waals surface area contributed by atoms with E-state index in [1.54, 1.807) is 18.2 Å². The van der Waals surface area contributed by atoms with E-state index in [4.69, 9.17) is 16.3 Å². The highest BCUT2D eigenvalue weighted by molar-refractivity contribution is 6.30. The van der Waals surface area contributed by atoms with Crippen molar-refractivity contribution in [1.82, 2.24) is 0 Å². The Kier molecular flexibility index (Phi) is 14.4. The summed E-state index contributed by atoms with van der Waals surface area (Å²) in [6.45, 7) is 11.7. The quantitative estimate of drug-likeness (QED) is 0.542. The van der Waals surface area contributed by atoms with Crippen molar-refractivity contribution in [2.75, 3.05) is 7.11 Å². The molecule has 0 saturated heterocycles. The molecule has 130 valence electrons. The van der Waals surface area contributed by atoms with E-state index in [0.29, 0.717) is 5.75 Å². The molecule has 0 atom stereocenters. The van der Waals surface area contributed by atoms with Gasteiger partial charge in [-0.2, -0.15) is 0 Å². The first-order chi connectivity index (χ1) is 10.9. The monoisotopic (exact) mass is 344 g/mol. The summed E-state index contributed by atoms with van der Waals surface area (Å²) in [5, 5.41) is 0.190. The first-order valence-corrected chi connectivity index (χ1v) is 8.03. The van der Waals surface area contributed by atoms with Crippen LogP contribution >= 0.6 is 11.6 Å². The Balaban J connectivity index is 0. The van der Waals surface area contributed by atoms with Crippen LogP contribution < -0.4 is 4.74 Å². The highest BCUT2D eigenvalue weighted by Gasteiger charge is 1.99. The Labute approximate surface area is 144 Å². The summed E-state index contributed by atoms with van der Waals surface area (Å²) in [6.07, 6.45) is 0. The predicted molar refractivity (Wildman–Crippen MR) is 96.5 cm³/mol. The van der Waals surface area contributed by atoms with Crippen LogP contribution in [0.3, 0.4) is 0 Å². The van der Waals surface area contributed by atoms with Gasteiger partial charge in [0.05, 0.1) is 12.1 Å². The van der Waals surface area contributed by atoms with Crippen LogP contribution in [0.5, 0.6) is 5.75 Å². The smallest absolute Gasteiger partial charge is 0.165 e. The summed E-state index contributed by atoms with van der Waals surface area (Å²) >= 11 is 5.44. The summed E-state index contributed by atoms with van der Waals surface area (Å²) in [5.41, 5.74) is 1.87. The molecule has 23 heavy (non-hydrogen) atoms. The number of benzene rings is 2. The minimum Gasteiger partial charge on any atom is -0.494 e. The van der Waals surface area contributed by atoms with Gasteiger partial charge in [-0.15, -0.1) is 0 Å². The molecule has 0 saturated carbocycles. The summed E-state index contributed by atoms with van der Waals surface area (Å²) in [7, 11) is 1.45. The minimum atomic E-state index is -0.359. The molecule has 2 rings (SSSR count). The van der Waals surface area contributed by atoms with Crippen molar-refractivity contribution in [1.29, 1.82) is 0 Å².